The largest absolute Gasteiger partial charge is 0.493 e. The van der Waals surface area contributed by atoms with E-state index in [2.05, 4.69) is 6.07 Å². The third-order valence-electron chi connectivity index (χ3n) is 8.13. The number of rotatable bonds is 6. The average molecular weight is 483 g/mol. The lowest BCUT2D eigenvalue weighted by Crippen LogP contribution is -2.43. The van der Waals surface area contributed by atoms with Crippen molar-refractivity contribution >= 4 is 28.3 Å². The van der Waals surface area contributed by atoms with Gasteiger partial charge in [-0.1, -0.05) is 36.4 Å². The molecule has 0 saturated carbocycles. The van der Waals surface area contributed by atoms with E-state index in [0.717, 1.165) is 5.39 Å². The van der Waals surface area contributed by atoms with Crippen LogP contribution in [0, 0.1) is 23.2 Å². The molecule has 3 fully saturated rings. The third kappa shape index (κ3) is 3.07. The van der Waals surface area contributed by atoms with Crippen LogP contribution in [0.4, 0.5) is 5.69 Å². The fourth-order valence-corrected chi connectivity index (χ4v) is 6.50. The molecule has 36 heavy (non-hydrogen) atoms. The maximum absolute atomic E-state index is 14.0. The van der Waals surface area contributed by atoms with Crippen LogP contribution >= 0.6 is 0 Å². The third-order valence-corrected chi connectivity index (χ3v) is 8.13. The molecule has 3 aliphatic rings. The number of fused-ring (bicyclic) bond motifs is 6. The highest BCUT2D eigenvalue weighted by molar-refractivity contribution is 6.26. The molecule has 0 unspecified atom stereocenters. The van der Waals surface area contributed by atoms with Gasteiger partial charge in [-0.3, -0.25) is 9.59 Å². The summed E-state index contributed by atoms with van der Waals surface area (Å²) in [4.78, 5) is 29.1. The minimum absolute atomic E-state index is 0.227. The molecule has 7 heteroatoms. The van der Waals surface area contributed by atoms with Crippen molar-refractivity contribution in [1.82, 2.24) is 0 Å². The molecule has 3 aliphatic heterocycles. The highest BCUT2D eigenvalue weighted by Crippen LogP contribution is 2.62. The van der Waals surface area contributed by atoms with Gasteiger partial charge in [0.1, 0.15) is 0 Å². The molecule has 3 heterocycles. The smallest absolute Gasteiger partial charge is 0.240 e. The maximum atomic E-state index is 14.0. The van der Waals surface area contributed by atoms with Crippen molar-refractivity contribution < 1.29 is 23.8 Å². The summed E-state index contributed by atoms with van der Waals surface area (Å²) in [5.74, 6) is -0.303. The molecule has 7 nitrogen and oxygen atoms in total. The van der Waals surface area contributed by atoms with Gasteiger partial charge in [-0.25, -0.2) is 4.90 Å². The van der Waals surface area contributed by atoms with Crippen molar-refractivity contribution in [2.24, 2.45) is 11.8 Å². The van der Waals surface area contributed by atoms with E-state index in [9.17, 15) is 14.9 Å². The van der Waals surface area contributed by atoms with Crippen molar-refractivity contribution in [3.05, 3.63) is 66.2 Å². The van der Waals surface area contributed by atoms with Crippen molar-refractivity contribution in [2.75, 3.05) is 18.6 Å². The van der Waals surface area contributed by atoms with E-state index in [1.807, 2.05) is 55.5 Å². The predicted molar refractivity (Wildman–Crippen MR) is 133 cm³/mol. The Morgan fingerprint density at radius 1 is 0.972 bits per heavy atom. The zero-order chi connectivity index (χ0) is 25.1. The number of para-hydroxylation sites is 2. The topological polar surface area (TPSA) is 88.9 Å². The van der Waals surface area contributed by atoms with Crippen LogP contribution in [0.5, 0.6) is 11.5 Å². The standard InChI is InChI=1S/C29H26N2O5/c1-28-13-14-29(36-28,15-16-35-23-10-6-5-9-22(23)34-2)25-24(28)26(32)31(27(25)33)21-12-11-18(17-30)19-7-3-4-8-20(19)21/h3-12,24-25H,13-16H2,1-2H3/t24-,25+,28-,29-/m0/s1. The summed E-state index contributed by atoms with van der Waals surface area (Å²) in [6.45, 7) is 2.28. The van der Waals surface area contributed by atoms with Crippen molar-refractivity contribution in [1.29, 1.82) is 5.26 Å². The van der Waals surface area contributed by atoms with E-state index in [0.29, 0.717) is 54.0 Å². The number of carbonyl (C=O) groups is 2. The lowest BCUT2D eigenvalue weighted by Gasteiger charge is -2.31. The molecule has 0 radical (unpaired) electrons. The van der Waals surface area contributed by atoms with Crippen LogP contribution < -0.4 is 14.4 Å². The van der Waals surface area contributed by atoms with E-state index < -0.39 is 23.0 Å². The van der Waals surface area contributed by atoms with Crippen molar-refractivity contribution in [3.63, 3.8) is 0 Å². The molecule has 3 saturated heterocycles. The Kier molecular flexibility index (Phi) is 5.06. The summed E-state index contributed by atoms with van der Waals surface area (Å²) < 4.78 is 17.9. The van der Waals surface area contributed by atoms with Gasteiger partial charge in [-0.2, -0.15) is 5.26 Å². The zero-order valence-corrected chi connectivity index (χ0v) is 20.2. The van der Waals surface area contributed by atoms with Gasteiger partial charge in [-0.15, -0.1) is 0 Å². The van der Waals surface area contributed by atoms with Crippen LogP contribution in [0.3, 0.4) is 0 Å². The monoisotopic (exact) mass is 482 g/mol. The Hall–Kier alpha value is -3.89. The summed E-state index contributed by atoms with van der Waals surface area (Å²) in [6.07, 6.45) is 1.90. The Morgan fingerprint density at radius 3 is 2.42 bits per heavy atom. The number of amides is 2. The zero-order valence-electron chi connectivity index (χ0n) is 20.2. The number of methoxy groups -OCH3 is 1. The van der Waals surface area contributed by atoms with Gasteiger partial charge >= 0.3 is 0 Å². The van der Waals surface area contributed by atoms with Crippen LogP contribution in [0.25, 0.3) is 10.8 Å². The highest BCUT2D eigenvalue weighted by Gasteiger charge is 2.73. The Morgan fingerprint density at radius 2 is 1.67 bits per heavy atom. The molecule has 3 aromatic carbocycles. The number of nitriles is 1. The Bertz CT molecular complexity index is 1450. The maximum Gasteiger partial charge on any atom is 0.240 e. The van der Waals surface area contributed by atoms with E-state index in [4.69, 9.17) is 14.2 Å². The minimum atomic E-state index is -0.759. The fraction of sp³-hybridized carbons (Fsp3) is 0.345. The van der Waals surface area contributed by atoms with Crippen LogP contribution in [0.15, 0.2) is 60.7 Å². The summed E-state index contributed by atoms with van der Waals surface area (Å²) >= 11 is 0. The van der Waals surface area contributed by atoms with Crippen LogP contribution in [-0.4, -0.2) is 36.7 Å². The number of imide groups is 1. The van der Waals surface area contributed by atoms with E-state index >= 15 is 0 Å². The molecule has 0 N–H and O–H groups in total. The summed E-state index contributed by atoms with van der Waals surface area (Å²) in [5, 5.41) is 11.0. The van der Waals surface area contributed by atoms with Gasteiger partial charge < -0.3 is 14.2 Å². The number of nitrogens with zero attached hydrogens (tertiary/aromatic N) is 2. The number of hydrogen-bond donors (Lipinski definition) is 0. The number of ether oxygens (including phenoxy) is 3. The molecular weight excluding hydrogens is 456 g/mol. The Labute approximate surface area is 209 Å². The fourth-order valence-electron chi connectivity index (χ4n) is 6.50. The molecule has 0 aliphatic carbocycles. The van der Waals surface area contributed by atoms with Crippen molar-refractivity contribution in [2.45, 2.75) is 37.4 Å². The first-order valence-electron chi connectivity index (χ1n) is 12.2. The number of hydrogen-bond acceptors (Lipinski definition) is 6. The second-order valence-electron chi connectivity index (χ2n) is 9.99. The van der Waals surface area contributed by atoms with Crippen LogP contribution in [0.2, 0.25) is 0 Å². The van der Waals surface area contributed by atoms with E-state index in [1.165, 1.54) is 4.90 Å². The normalized spacial score (nSPS) is 28.4. The lowest BCUT2D eigenvalue weighted by atomic mass is 9.67. The molecule has 3 aromatic rings. The molecule has 0 aromatic heterocycles. The van der Waals surface area contributed by atoms with E-state index in [-0.39, 0.29) is 11.8 Å². The summed E-state index contributed by atoms with van der Waals surface area (Å²) in [5.41, 5.74) is -0.420. The van der Waals surface area contributed by atoms with Gasteiger partial charge in [0, 0.05) is 17.2 Å². The van der Waals surface area contributed by atoms with Gasteiger partial charge in [0.25, 0.3) is 0 Å². The second-order valence-corrected chi connectivity index (χ2v) is 9.99. The van der Waals surface area contributed by atoms with Gasteiger partial charge in [-0.05, 0) is 44.0 Å². The quantitative estimate of drug-likeness (QED) is 0.477. The first-order chi connectivity index (χ1) is 17.4. The average Bonchev–Trinajstić information content (AvgIpc) is 3.48. The molecule has 182 valence electrons. The molecule has 0 spiro atoms. The molecule has 2 bridgehead atoms. The van der Waals surface area contributed by atoms with Gasteiger partial charge in [0.15, 0.2) is 11.5 Å². The number of carbonyl (C=O) groups excluding carboxylic acids is 2. The molecule has 2 amide bonds. The number of benzene rings is 3. The molecular formula is C29H26N2O5. The SMILES string of the molecule is COc1ccccc1OCC[C@]12CC[C@](C)(O1)[C@@H]1C(=O)N(c3ccc(C#N)c4ccccc34)C(=O)[C@@H]12. The molecule has 4 atom stereocenters. The van der Waals surface area contributed by atoms with E-state index in [1.54, 1.807) is 19.2 Å². The first kappa shape index (κ1) is 22.6. The van der Waals surface area contributed by atoms with Crippen LogP contribution in [0.1, 0.15) is 31.7 Å². The minimum Gasteiger partial charge on any atom is -0.493 e. The first-order valence-corrected chi connectivity index (χ1v) is 12.2. The lowest BCUT2D eigenvalue weighted by molar-refractivity contribution is -0.131. The second kappa shape index (κ2) is 8.07. The van der Waals surface area contributed by atoms with Gasteiger partial charge in [0.05, 0.1) is 54.1 Å². The highest BCUT2D eigenvalue weighted by atomic mass is 16.5. The molecule has 6 rings (SSSR count). The van der Waals surface area contributed by atoms with Crippen molar-refractivity contribution in [3.8, 4) is 17.6 Å². The Balaban J connectivity index is 1.33. The number of anilines is 1. The summed E-state index contributed by atoms with van der Waals surface area (Å²) in [7, 11) is 1.60. The van der Waals surface area contributed by atoms with Crippen LogP contribution in [-0.2, 0) is 14.3 Å². The van der Waals surface area contributed by atoms with Gasteiger partial charge in [0.2, 0.25) is 11.8 Å². The predicted octanol–water partition coefficient (Wildman–Crippen LogP) is 4.62. The summed E-state index contributed by atoms with van der Waals surface area (Å²) in [6, 6.07) is 20.4.